The molecular formula is C26H38O4S. The first-order valence-electron chi connectivity index (χ1n) is 11.8. The lowest BCUT2D eigenvalue weighted by Crippen LogP contribution is -1.98. The van der Waals surface area contributed by atoms with Crippen LogP contribution in [0.4, 0.5) is 0 Å². The highest BCUT2D eigenvalue weighted by atomic mass is 32.2. The van der Waals surface area contributed by atoms with Crippen LogP contribution in [0.25, 0.3) is 0 Å². The van der Waals surface area contributed by atoms with E-state index in [4.69, 9.17) is 4.74 Å². The van der Waals surface area contributed by atoms with Crippen LogP contribution < -0.4 is 4.74 Å². The van der Waals surface area contributed by atoms with Crippen molar-refractivity contribution in [3.05, 3.63) is 54.1 Å². The van der Waals surface area contributed by atoms with E-state index in [1.165, 1.54) is 94.7 Å². The second kappa shape index (κ2) is 14.3. The van der Waals surface area contributed by atoms with Crippen LogP contribution in [0, 0.1) is 0 Å². The first kappa shape index (κ1) is 25.4. The van der Waals surface area contributed by atoms with Crippen molar-refractivity contribution in [2.75, 3.05) is 0 Å². The van der Waals surface area contributed by atoms with E-state index in [9.17, 15) is 13.0 Å². The van der Waals surface area contributed by atoms with Crippen LogP contribution in [0.1, 0.15) is 89.5 Å². The Kier molecular flexibility index (Phi) is 11.7. The van der Waals surface area contributed by atoms with Gasteiger partial charge in [-0.05, 0) is 42.7 Å². The third-order valence-electron chi connectivity index (χ3n) is 5.56. The number of benzene rings is 2. The molecule has 2 aromatic carbocycles. The monoisotopic (exact) mass is 446 g/mol. The standard InChI is InChI=1S/C26H38O4S/c1-2-3-4-5-6-7-8-9-10-11-12-13-16-23-17-14-18-24(21-23)30-25-19-15-20-26(22-25)31(27,28)29/h14-15,17-22H,2-13,16H2,1H3,(H,27,28,29). The second-order valence-corrected chi connectivity index (χ2v) is 9.76. The van der Waals surface area contributed by atoms with Gasteiger partial charge in [0.1, 0.15) is 11.5 Å². The van der Waals surface area contributed by atoms with Crippen molar-refractivity contribution in [3.8, 4) is 11.5 Å². The van der Waals surface area contributed by atoms with E-state index in [1.807, 2.05) is 18.2 Å². The Morgan fingerprint density at radius 2 is 1.23 bits per heavy atom. The van der Waals surface area contributed by atoms with Crippen molar-refractivity contribution in [3.63, 3.8) is 0 Å². The molecule has 4 nitrogen and oxygen atoms in total. The molecule has 0 bridgehead atoms. The Morgan fingerprint density at radius 3 is 1.81 bits per heavy atom. The molecule has 2 rings (SSSR count). The molecule has 0 aliphatic rings. The van der Waals surface area contributed by atoms with Crippen molar-refractivity contribution in [1.82, 2.24) is 0 Å². The molecule has 5 heteroatoms. The number of hydrogen-bond acceptors (Lipinski definition) is 3. The molecule has 2 aromatic rings. The van der Waals surface area contributed by atoms with E-state index >= 15 is 0 Å². The fraction of sp³-hybridized carbons (Fsp3) is 0.538. The van der Waals surface area contributed by atoms with Gasteiger partial charge in [0.15, 0.2) is 0 Å². The summed E-state index contributed by atoms with van der Waals surface area (Å²) in [6.07, 6.45) is 17.1. The summed E-state index contributed by atoms with van der Waals surface area (Å²) in [6, 6.07) is 13.8. The number of aryl methyl sites for hydroxylation is 1. The zero-order chi connectivity index (χ0) is 22.4. The quantitative estimate of drug-likeness (QED) is 0.210. The second-order valence-electron chi connectivity index (χ2n) is 8.34. The normalized spacial score (nSPS) is 11.5. The van der Waals surface area contributed by atoms with Crippen molar-refractivity contribution >= 4 is 10.1 Å². The Hall–Kier alpha value is -1.85. The predicted octanol–water partition coefficient (Wildman–Crippen LogP) is 7.97. The molecule has 1 N–H and O–H groups in total. The van der Waals surface area contributed by atoms with Crippen LogP contribution in [0.15, 0.2) is 53.4 Å². The van der Waals surface area contributed by atoms with Gasteiger partial charge in [0, 0.05) is 6.07 Å². The molecule has 0 fully saturated rings. The molecule has 31 heavy (non-hydrogen) atoms. The molecule has 0 heterocycles. The summed E-state index contributed by atoms with van der Waals surface area (Å²) in [4.78, 5) is -0.169. The zero-order valence-corrected chi connectivity index (χ0v) is 19.7. The Labute approximate surface area is 188 Å². The van der Waals surface area contributed by atoms with Crippen molar-refractivity contribution in [2.45, 2.75) is 95.3 Å². The summed E-state index contributed by atoms with van der Waals surface area (Å²) in [5.74, 6) is 1.06. The lowest BCUT2D eigenvalue weighted by Gasteiger charge is -2.09. The van der Waals surface area contributed by atoms with Crippen LogP contribution >= 0.6 is 0 Å². The smallest absolute Gasteiger partial charge is 0.294 e. The van der Waals surface area contributed by atoms with Crippen LogP contribution in [0.2, 0.25) is 0 Å². The topological polar surface area (TPSA) is 63.6 Å². The van der Waals surface area contributed by atoms with E-state index in [0.717, 1.165) is 6.42 Å². The van der Waals surface area contributed by atoms with E-state index in [0.29, 0.717) is 11.5 Å². The van der Waals surface area contributed by atoms with Gasteiger partial charge in [-0.2, -0.15) is 8.42 Å². The number of hydrogen-bond donors (Lipinski definition) is 1. The van der Waals surface area contributed by atoms with E-state index in [2.05, 4.69) is 13.0 Å². The lowest BCUT2D eigenvalue weighted by molar-refractivity contribution is 0.471. The third kappa shape index (κ3) is 10.8. The average Bonchev–Trinajstić information content (AvgIpc) is 2.74. The van der Waals surface area contributed by atoms with Gasteiger partial charge >= 0.3 is 0 Å². The summed E-state index contributed by atoms with van der Waals surface area (Å²) in [7, 11) is -4.24. The van der Waals surface area contributed by atoms with Gasteiger partial charge in [-0.15, -0.1) is 0 Å². The Bertz CT molecular complexity index is 861. The van der Waals surface area contributed by atoms with Crippen molar-refractivity contribution < 1.29 is 17.7 Å². The van der Waals surface area contributed by atoms with Crippen molar-refractivity contribution in [1.29, 1.82) is 0 Å². The minimum atomic E-state index is -4.24. The minimum Gasteiger partial charge on any atom is -0.457 e. The van der Waals surface area contributed by atoms with E-state index in [1.54, 1.807) is 12.1 Å². The molecule has 0 aromatic heterocycles. The average molecular weight is 447 g/mol. The fourth-order valence-corrected chi connectivity index (χ4v) is 4.28. The molecular weight excluding hydrogens is 408 g/mol. The highest BCUT2D eigenvalue weighted by Crippen LogP contribution is 2.25. The summed E-state index contributed by atoms with van der Waals surface area (Å²) >= 11 is 0. The highest BCUT2D eigenvalue weighted by molar-refractivity contribution is 7.85. The number of unbranched alkanes of at least 4 members (excludes halogenated alkanes) is 11. The van der Waals surface area contributed by atoms with Crippen LogP contribution in [0.5, 0.6) is 11.5 Å². The molecule has 0 atom stereocenters. The molecule has 0 radical (unpaired) electrons. The molecule has 0 spiro atoms. The van der Waals surface area contributed by atoms with Crippen molar-refractivity contribution in [2.24, 2.45) is 0 Å². The van der Waals surface area contributed by atoms with Gasteiger partial charge in [0.25, 0.3) is 10.1 Å². The first-order chi connectivity index (χ1) is 15.0. The Balaban J connectivity index is 1.63. The Morgan fingerprint density at radius 1 is 0.710 bits per heavy atom. The SMILES string of the molecule is CCCCCCCCCCCCCCc1cccc(Oc2cccc(S(=O)(=O)O)c2)c1. The third-order valence-corrected chi connectivity index (χ3v) is 6.41. The van der Waals surface area contributed by atoms with Gasteiger partial charge in [-0.3, -0.25) is 4.55 Å². The zero-order valence-electron chi connectivity index (χ0n) is 18.9. The number of ether oxygens (including phenoxy) is 1. The maximum Gasteiger partial charge on any atom is 0.294 e. The first-order valence-corrected chi connectivity index (χ1v) is 13.3. The maximum atomic E-state index is 11.3. The molecule has 0 aliphatic carbocycles. The fourth-order valence-electron chi connectivity index (χ4n) is 3.77. The molecule has 0 saturated carbocycles. The van der Waals surface area contributed by atoms with Gasteiger partial charge in [-0.1, -0.05) is 95.8 Å². The van der Waals surface area contributed by atoms with Gasteiger partial charge in [0.05, 0.1) is 4.90 Å². The van der Waals surface area contributed by atoms with Crippen LogP contribution in [-0.2, 0) is 16.5 Å². The van der Waals surface area contributed by atoms with E-state index in [-0.39, 0.29) is 4.90 Å². The highest BCUT2D eigenvalue weighted by Gasteiger charge is 2.10. The summed E-state index contributed by atoms with van der Waals surface area (Å²) in [6.45, 7) is 2.26. The summed E-state index contributed by atoms with van der Waals surface area (Å²) < 4.78 is 37.5. The molecule has 0 saturated heterocycles. The maximum absolute atomic E-state index is 11.3. The largest absolute Gasteiger partial charge is 0.457 e. The van der Waals surface area contributed by atoms with E-state index < -0.39 is 10.1 Å². The van der Waals surface area contributed by atoms with Gasteiger partial charge < -0.3 is 4.74 Å². The van der Waals surface area contributed by atoms with Crippen LogP contribution in [-0.4, -0.2) is 13.0 Å². The molecule has 0 amide bonds. The molecule has 0 aliphatic heterocycles. The minimum absolute atomic E-state index is 0.169. The summed E-state index contributed by atoms with van der Waals surface area (Å²) in [5.41, 5.74) is 1.22. The molecule has 172 valence electrons. The summed E-state index contributed by atoms with van der Waals surface area (Å²) in [5, 5.41) is 0. The lowest BCUT2D eigenvalue weighted by atomic mass is 10.0. The van der Waals surface area contributed by atoms with Gasteiger partial charge in [-0.25, -0.2) is 0 Å². The van der Waals surface area contributed by atoms with Gasteiger partial charge in [0.2, 0.25) is 0 Å². The molecule has 0 unspecified atom stereocenters. The predicted molar refractivity (Wildman–Crippen MR) is 128 cm³/mol. The van der Waals surface area contributed by atoms with Crippen LogP contribution in [0.3, 0.4) is 0 Å². The number of rotatable bonds is 16.